The Morgan fingerprint density at radius 2 is 2.05 bits per heavy atom. The Morgan fingerprint density at radius 3 is 2.90 bits per heavy atom. The number of nitrogens with zero attached hydrogens (tertiary/aromatic N) is 1. The molecule has 0 spiro atoms. The summed E-state index contributed by atoms with van der Waals surface area (Å²) in [4.78, 5) is 4.37. The SMILES string of the molecule is CC(NCc1ccc2ncccc2c1)C1CCCCC1. The van der Waals surface area contributed by atoms with Crippen molar-refractivity contribution >= 4 is 10.9 Å². The third-order valence-electron chi connectivity index (χ3n) is 4.65. The summed E-state index contributed by atoms with van der Waals surface area (Å²) in [6, 6.07) is 11.3. The van der Waals surface area contributed by atoms with Crippen molar-refractivity contribution in [2.45, 2.75) is 51.6 Å². The molecule has 1 saturated carbocycles. The molecule has 0 radical (unpaired) electrons. The number of hydrogen-bond donors (Lipinski definition) is 1. The molecule has 0 bridgehead atoms. The monoisotopic (exact) mass is 268 g/mol. The summed E-state index contributed by atoms with van der Waals surface area (Å²) in [7, 11) is 0. The maximum absolute atomic E-state index is 4.37. The van der Waals surface area contributed by atoms with E-state index in [1.54, 1.807) is 0 Å². The zero-order valence-corrected chi connectivity index (χ0v) is 12.3. The smallest absolute Gasteiger partial charge is 0.0702 e. The molecule has 1 aliphatic rings. The first kappa shape index (κ1) is 13.6. The first-order valence-corrected chi connectivity index (χ1v) is 7.90. The number of aromatic nitrogens is 1. The van der Waals surface area contributed by atoms with Crippen molar-refractivity contribution in [1.29, 1.82) is 0 Å². The van der Waals surface area contributed by atoms with Gasteiger partial charge >= 0.3 is 0 Å². The zero-order chi connectivity index (χ0) is 13.8. The summed E-state index contributed by atoms with van der Waals surface area (Å²) in [6.07, 6.45) is 8.91. The van der Waals surface area contributed by atoms with Gasteiger partial charge in [-0.25, -0.2) is 0 Å². The minimum absolute atomic E-state index is 0.625. The van der Waals surface area contributed by atoms with Crippen molar-refractivity contribution in [1.82, 2.24) is 10.3 Å². The van der Waals surface area contributed by atoms with Crippen molar-refractivity contribution in [3.63, 3.8) is 0 Å². The van der Waals surface area contributed by atoms with Crippen LogP contribution in [0.25, 0.3) is 10.9 Å². The van der Waals surface area contributed by atoms with Gasteiger partial charge in [-0.3, -0.25) is 4.98 Å². The van der Waals surface area contributed by atoms with E-state index in [1.165, 1.54) is 43.1 Å². The molecule has 2 aromatic rings. The molecule has 20 heavy (non-hydrogen) atoms. The number of hydrogen-bond acceptors (Lipinski definition) is 2. The van der Waals surface area contributed by atoms with Crippen molar-refractivity contribution in [2.24, 2.45) is 5.92 Å². The predicted molar refractivity (Wildman–Crippen MR) is 84.6 cm³/mol. The minimum Gasteiger partial charge on any atom is -0.310 e. The number of pyridine rings is 1. The molecule has 106 valence electrons. The van der Waals surface area contributed by atoms with Gasteiger partial charge in [0.05, 0.1) is 5.52 Å². The highest BCUT2D eigenvalue weighted by Gasteiger charge is 2.19. The summed E-state index contributed by atoms with van der Waals surface area (Å²) in [5.41, 5.74) is 2.43. The van der Waals surface area contributed by atoms with Gasteiger partial charge in [0.1, 0.15) is 0 Å². The van der Waals surface area contributed by atoms with Crippen LogP contribution in [0.3, 0.4) is 0 Å². The van der Waals surface area contributed by atoms with Crippen LogP contribution in [0.5, 0.6) is 0 Å². The number of benzene rings is 1. The average molecular weight is 268 g/mol. The number of fused-ring (bicyclic) bond motifs is 1. The molecule has 1 atom stereocenters. The molecule has 1 aromatic heterocycles. The molecule has 0 amide bonds. The van der Waals surface area contributed by atoms with E-state index in [9.17, 15) is 0 Å². The molecule has 1 aromatic carbocycles. The molecule has 2 heteroatoms. The fourth-order valence-corrected chi connectivity index (χ4v) is 3.31. The second-order valence-electron chi connectivity index (χ2n) is 6.10. The molecular weight excluding hydrogens is 244 g/mol. The lowest BCUT2D eigenvalue weighted by atomic mass is 9.84. The van der Waals surface area contributed by atoms with Crippen molar-refractivity contribution in [3.8, 4) is 0 Å². The first-order chi connectivity index (χ1) is 9.83. The van der Waals surface area contributed by atoms with E-state index in [2.05, 4.69) is 41.5 Å². The Hall–Kier alpha value is -1.41. The van der Waals surface area contributed by atoms with E-state index < -0.39 is 0 Å². The van der Waals surface area contributed by atoms with E-state index >= 15 is 0 Å². The highest BCUT2D eigenvalue weighted by atomic mass is 14.9. The van der Waals surface area contributed by atoms with Crippen LogP contribution in [0.2, 0.25) is 0 Å². The van der Waals surface area contributed by atoms with E-state index in [-0.39, 0.29) is 0 Å². The maximum Gasteiger partial charge on any atom is 0.0702 e. The lowest BCUT2D eigenvalue weighted by Crippen LogP contribution is -2.34. The molecule has 1 heterocycles. The van der Waals surface area contributed by atoms with Gasteiger partial charge in [-0.05, 0) is 49.4 Å². The van der Waals surface area contributed by atoms with Crippen molar-refractivity contribution in [2.75, 3.05) is 0 Å². The predicted octanol–water partition coefficient (Wildman–Crippen LogP) is 4.29. The normalized spacial score (nSPS) is 18.2. The summed E-state index contributed by atoms with van der Waals surface area (Å²) in [6.45, 7) is 3.31. The lowest BCUT2D eigenvalue weighted by molar-refractivity contribution is 0.280. The Labute approximate surface area is 121 Å². The molecule has 1 N–H and O–H groups in total. The molecule has 1 aliphatic carbocycles. The number of rotatable bonds is 4. The van der Waals surface area contributed by atoms with Crippen molar-refractivity contribution in [3.05, 3.63) is 42.1 Å². The highest BCUT2D eigenvalue weighted by molar-refractivity contribution is 5.78. The van der Waals surface area contributed by atoms with Crippen LogP contribution >= 0.6 is 0 Å². The molecule has 0 saturated heterocycles. The van der Waals surface area contributed by atoms with Crippen LogP contribution in [0.4, 0.5) is 0 Å². The average Bonchev–Trinajstić information content (AvgIpc) is 2.53. The molecule has 0 aliphatic heterocycles. The summed E-state index contributed by atoms with van der Waals surface area (Å²) in [5, 5.41) is 4.95. The van der Waals surface area contributed by atoms with Crippen LogP contribution in [0, 0.1) is 5.92 Å². The van der Waals surface area contributed by atoms with Gasteiger partial charge < -0.3 is 5.32 Å². The third kappa shape index (κ3) is 3.18. The summed E-state index contributed by atoms with van der Waals surface area (Å²) < 4.78 is 0. The highest BCUT2D eigenvalue weighted by Crippen LogP contribution is 2.26. The van der Waals surface area contributed by atoms with Gasteiger partial charge in [-0.15, -0.1) is 0 Å². The Balaban J connectivity index is 1.61. The van der Waals surface area contributed by atoms with E-state index in [0.717, 1.165) is 18.0 Å². The lowest BCUT2D eigenvalue weighted by Gasteiger charge is -2.28. The molecule has 1 fully saturated rings. The van der Waals surface area contributed by atoms with Gasteiger partial charge in [0.25, 0.3) is 0 Å². The van der Waals surface area contributed by atoms with Gasteiger partial charge in [-0.1, -0.05) is 31.4 Å². The van der Waals surface area contributed by atoms with Crippen LogP contribution in [-0.4, -0.2) is 11.0 Å². The Kier molecular flexibility index (Phi) is 4.31. The molecule has 1 unspecified atom stereocenters. The quantitative estimate of drug-likeness (QED) is 0.894. The van der Waals surface area contributed by atoms with Crippen molar-refractivity contribution < 1.29 is 0 Å². The van der Waals surface area contributed by atoms with Crippen LogP contribution < -0.4 is 5.32 Å². The van der Waals surface area contributed by atoms with Gasteiger partial charge in [0, 0.05) is 24.2 Å². The van der Waals surface area contributed by atoms with Crippen LogP contribution in [0.15, 0.2) is 36.5 Å². The van der Waals surface area contributed by atoms with Gasteiger partial charge in [0.15, 0.2) is 0 Å². The minimum atomic E-state index is 0.625. The number of nitrogens with one attached hydrogen (secondary N) is 1. The van der Waals surface area contributed by atoms with Crippen LogP contribution in [0.1, 0.15) is 44.6 Å². The standard InChI is InChI=1S/C18H24N2/c1-14(16-6-3-2-4-7-16)20-13-15-9-10-18-17(12-15)8-5-11-19-18/h5,8-12,14,16,20H,2-4,6-7,13H2,1H3. The molecule has 3 rings (SSSR count). The van der Waals surface area contributed by atoms with Gasteiger partial charge in [0.2, 0.25) is 0 Å². The molecular formula is C18H24N2. The van der Waals surface area contributed by atoms with E-state index in [1.807, 2.05) is 12.3 Å². The van der Waals surface area contributed by atoms with E-state index in [4.69, 9.17) is 0 Å². The Morgan fingerprint density at radius 1 is 1.20 bits per heavy atom. The van der Waals surface area contributed by atoms with E-state index in [0.29, 0.717) is 6.04 Å². The molecule has 2 nitrogen and oxygen atoms in total. The fraction of sp³-hybridized carbons (Fsp3) is 0.500. The summed E-state index contributed by atoms with van der Waals surface area (Å²) in [5.74, 6) is 0.867. The van der Waals surface area contributed by atoms with Gasteiger partial charge in [-0.2, -0.15) is 0 Å². The van der Waals surface area contributed by atoms with Crippen LogP contribution in [-0.2, 0) is 6.54 Å². The largest absolute Gasteiger partial charge is 0.310 e. The third-order valence-corrected chi connectivity index (χ3v) is 4.65. The maximum atomic E-state index is 4.37. The second-order valence-corrected chi connectivity index (χ2v) is 6.10. The Bertz CT molecular complexity index is 558. The topological polar surface area (TPSA) is 24.9 Å². The zero-order valence-electron chi connectivity index (χ0n) is 12.3. The summed E-state index contributed by atoms with van der Waals surface area (Å²) >= 11 is 0. The first-order valence-electron chi connectivity index (χ1n) is 7.90. The fourth-order valence-electron chi connectivity index (χ4n) is 3.31. The second kappa shape index (κ2) is 6.36.